The molecule has 0 spiro atoms. The molecule has 0 radical (unpaired) electrons. The largest absolute Gasteiger partial charge is 0.383 e. The second-order valence-corrected chi connectivity index (χ2v) is 4.32. The zero-order valence-corrected chi connectivity index (χ0v) is 9.22. The van der Waals surface area contributed by atoms with E-state index in [1.807, 2.05) is 13.8 Å². The molecule has 1 heterocycles. The second kappa shape index (κ2) is 4.75. The minimum atomic E-state index is -0.234. The Balaban J connectivity index is 2.40. The standard InChI is InChI=1S/C10H20N2O2/c1-8(6-14-3)12-9(13)10(2)4-5-11-7-10/h8,11H,4-7H2,1-3H3,(H,12,13). The number of nitrogens with one attached hydrogen (secondary N) is 2. The Bertz CT molecular complexity index is 200. The lowest BCUT2D eigenvalue weighted by atomic mass is 9.88. The molecule has 1 saturated heterocycles. The molecule has 0 bridgehead atoms. The zero-order chi connectivity index (χ0) is 10.6. The van der Waals surface area contributed by atoms with Crippen molar-refractivity contribution >= 4 is 5.91 Å². The maximum absolute atomic E-state index is 11.8. The third-order valence-electron chi connectivity index (χ3n) is 2.71. The molecule has 4 nitrogen and oxygen atoms in total. The molecule has 82 valence electrons. The zero-order valence-electron chi connectivity index (χ0n) is 9.22. The van der Waals surface area contributed by atoms with Crippen molar-refractivity contribution in [3.63, 3.8) is 0 Å². The van der Waals surface area contributed by atoms with E-state index in [-0.39, 0.29) is 17.4 Å². The SMILES string of the molecule is COCC(C)NC(=O)C1(C)CCNC1. The van der Waals surface area contributed by atoms with Crippen LogP contribution < -0.4 is 10.6 Å². The van der Waals surface area contributed by atoms with Crippen molar-refractivity contribution in [1.29, 1.82) is 0 Å². The number of amides is 1. The predicted molar refractivity (Wildman–Crippen MR) is 55.1 cm³/mol. The van der Waals surface area contributed by atoms with Gasteiger partial charge in [-0.3, -0.25) is 4.79 Å². The van der Waals surface area contributed by atoms with E-state index in [1.54, 1.807) is 7.11 Å². The van der Waals surface area contributed by atoms with Crippen LogP contribution in [0.3, 0.4) is 0 Å². The van der Waals surface area contributed by atoms with Crippen LogP contribution >= 0.6 is 0 Å². The van der Waals surface area contributed by atoms with Gasteiger partial charge in [0.25, 0.3) is 0 Å². The van der Waals surface area contributed by atoms with Crippen molar-refractivity contribution < 1.29 is 9.53 Å². The average molecular weight is 200 g/mol. The predicted octanol–water partition coefficient (Wildman–Crippen LogP) is 0.137. The first-order chi connectivity index (χ1) is 6.58. The van der Waals surface area contributed by atoms with Gasteiger partial charge < -0.3 is 15.4 Å². The van der Waals surface area contributed by atoms with E-state index < -0.39 is 0 Å². The fourth-order valence-electron chi connectivity index (χ4n) is 1.70. The highest BCUT2D eigenvalue weighted by atomic mass is 16.5. The summed E-state index contributed by atoms with van der Waals surface area (Å²) in [7, 11) is 1.64. The minimum absolute atomic E-state index is 0.0879. The van der Waals surface area contributed by atoms with Gasteiger partial charge in [0.15, 0.2) is 0 Å². The molecule has 0 aliphatic carbocycles. The lowest BCUT2D eigenvalue weighted by molar-refractivity contribution is -0.130. The third-order valence-corrected chi connectivity index (χ3v) is 2.71. The van der Waals surface area contributed by atoms with Crippen LogP contribution in [0.25, 0.3) is 0 Å². The summed E-state index contributed by atoms with van der Waals surface area (Å²) in [6, 6.07) is 0.0879. The maximum Gasteiger partial charge on any atom is 0.227 e. The molecule has 1 rings (SSSR count). The number of hydrogen-bond acceptors (Lipinski definition) is 3. The van der Waals surface area contributed by atoms with Crippen molar-refractivity contribution in [3.8, 4) is 0 Å². The molecule has 0 aromatic rings. The molecule has 4 heteroatoms. The Morgan fingerprint density at radius 3 is 2.93 bits per heavy atom. The smallest absolute Gasteiger partial charge is 0.227 e. The molecular weight excluding hydrogens is 180 g/mol. The third kappa shape index (κ3) is 2.69. The van der Waals surface area contributed by atoms with Gasteiger partial charge in [0.1, 0.15) is 0 Å². The van der Waals surface area contributed by atoms with Gasteiger partial charge in [-0.05, 0) is 26.8 Å². The second-order valence-electron chi connectivity index (χ2n) is 4.32. The van der Waals surface area contributed by atoms with Crippen molar-refractivity contribution in [2.75, 3.05) is 26.8 Å². The summed E-state index contributed by atoms with van der Waals surface area (Å²) in [5, 5.41) is 6.17. The molecule has 0 aromatic carbocycles. The van der Waals surface area contributed by atoms with Crippen LogP contribution in [0.1, 0.15) is 20.3 Å². The first-order valence-corrected chi connectivity index (χ1v) is 5.09. The molecule has 0 saturated carbocycles. The minimum Gasteiger partial charge on any atom is -0.383 e. The van der Waals surface area contributed by atoms with Crippen LogP contribution in [-0.2, 0) is 9.53 Å². The van der Waals surface area contributed by atoms with Gasteiger partial charge in [0.2, 0.25) is 5.91 Å². The quantitative estimate of drug-likeness (QED) is 0.678. The van der Waals surface area contributed by atoms with Gasteiger partial charge in [-0.1, -0.05) is 0 Å². The summed E-state index contributed by atoms with van der Waals surface area (Å²) >= 11 is 0. The Kier molecular flexibility index (Phi) is 3.89. The van der Waals surface area contributed by atoms with Crippen molar-refractivity contribution in [1.82, 2.24) is 10.6 Å². The first kappa shape index (κ1) is 11.5. The Morgan fingerprint density at radius 2 is 2.43 bits per heavy atom. The van der Waals surface area contributed by atoms with Gasteiger partial charge in [0.05, 0.1) is 12.0 Å². The van der Waals surface area contributed by atoms with E-state index in [0.29, 0.717) is 6.61 Å². The van der Waals surface area contributed by atoms with Crippen molar-refractivity contribution in [3.05, 3.63) is 0 Å². The lowest BCUT2D eigenvalue weighted by Crippen LogP contribution is -2.45. The summed E-state index contributed by atoms with van der Waals surface area (Å²) in [5.41, 5.74) is -0.234. The molecule has 2 unspecified atom stereocenters. The van der Waals surface area contributed by atoms with E-state index >= 15 is 0 Å². The van der Waals surface area contributed by atoms with Crippen molar-refractivity contribution in [2.45, 2.75) is 26.3 Å². The Hall–Kier alpha value is -0.610. The summed E-state index contributed by atoms with van der Waals surface area (Å²) in [4.78, 5) is 11.8. The molecule has 0 aromatic heterocycles. The summed E-state index contributed by atoms with van der Waals surface area (Å²) in [5.74, 6) is 0.132. The van der Waals surface area contributed by atoms with E-state index in [1.165, 1.54) is 0 Å². The number of hydrogen-bond donors (Lipinski definition) is 2. The van der Waals surface area contributed by atoms with Crippen LogP contribution in [0.5, 0.6) is 0 Å². The van der Waals surface area contributed by atoms with Crippen molar-refractivity contribution in [2.24, 2.45) is 5.41 Å². The number of methoxy groups -OCH3 is 1. The molecule has 1 aliphatic heterocycles. The van der Waals surface area contributed by atoms with E-state index in [4.69, 9.17) is 4.74 Å². The summed E-state index contributed by atoms with van der Waals surface area (Å²) in [6.45, 7) is 6.23. The lowest BCUT2D eigenvalue weighted by Gasteiger charge is -2.24. The average Bonchev–Trinajstić information content (AvgIpc) is 2.54. The van der Waals surface area contributed by atoms with Crippen LogP contribution in [0.4, 0.5) is 0 Å². The molecule has 1 fully saturated rings. The first-order valence-electron chi connectivity index (χ1n) is 5.09. The number of carbonyl (C=O) groups excluding carboxylic acids is 1. The monoisotopic (exact) mass is 200 g/mol. The normalized spacial score (nSPS) is 28.8. The molecule has 14 heavy (non-hydrogen) atoms. The van der Waals surface area contributed by atoms with E-state index in [0.717, 1.165) is 19.5 Å². The van der Waals surface area contributed by atoms with Crippen LogP contribution in [0.15, 0.2) is 0 Å². The Morgan fingerprint density at radius 1 is 1.71 bits per heavy atom. The highest BCUT2D eigenvalue weighted by molar-refractivity contribution is 5.83. The van der Waals surface area contributed by atoms with Gasteiger partial charge >= 0.3 is 0 Å². The molecule has 2 atom stereocenters. The fourth-order valence-corrected chi connectivity index (χ4v) is 1.70. The van der Waals surface area contributed by atoms with Crippen LogP contribution in [-0.4, -0.2) is 38.8 Å². The van der Waals surface area contributed by atoms with Gasteiger partial charge in [-0.15, -0.1) is 0 Å². The van der Waals surface area contributed by atoms with E-state index in [2.05, 4.69) is 10.6 Å². The van der Waals surface area contributed by atoms with Gasteiger partial charge in [-0.25, -0.2) is 0 Å². The number of ether oxygens (including phenoxy) is 1. The molecular formula is C10H20N2O2. The van der Waals surface area contributed by atoms with Crippen LogP contribution in [0, 0.1) is 5.41 Å². The number of carbonyl (C=O) groups is 1. The Labute approximate surface area is 85.4 Å². The molecule has 2 N–H and O–H groups in total. The molecule has 1 amide bonds. The topological polar surface area (TPSA) is 50.4 Å². The highest BCUT2D eigenvalue weighted by Gasteiger charge is 2.36. The van der Waals surface area contributed by atoms with Crippen LogP contribution in [0.2, 0.25) is 0 Å². The van der Waals surface area contributed by atoms with E-state index in [9.17, 15) is 4.79 Å². The summed E-state index contributed by atoms with van der Waals surface area (Å²) < 4.78 is 4.97. The maximum atomic E-state index is 11.8. The number of rotatable bonds is 4. The highest BCUT2D eigenvalue weighted by Crippen LogP contribution is 2.24. The van der Waals surface area contributed by atoms with Gasteiger partial charge in [-0.2, -0.15) is 0 Å². The molecule has 1 aliphatic rings. The van der Waals surface area contributed by atoms with Gasteiger partial charge in [0, 0.05) is 19.7 Å². The fraction of sp³-hybridized carbons (Fsp3) is 0.900. The summed E-state index contributed by atoms with van der Waals surface area (Å²) in [6.07, 6.45) is 0.915.